The molecular weight excluding hydrogens is 526 g/mol. The van der Waals surface area contributed by atoms with E-state index in [0.717, 1.165) is 89.8 Å². The monoisotopic (exact) mass is 598 g/mol. The largest absolute Gasteiger partial charge is 0.462 e. The minimum Gasteiger partial charge on any atom is -0.462 e. The van der Waals surface area contributed by atoms with Crippen LogP contribution < -0.4 is 0 Å². The molecule has 0 heterocycles. The lowest BCUT2D eigenvalue weighted by Gasteiger charge is -2.28. The van der Waals surface area contributed by atoms with Gasteiger partial charge in [0.25, 0.3) is 0 Å². The van der Waals surface area contributed by atoms with Gasteiger partial charge in [0.05, 0.1) is 6.61 Å². The summed E-state index contributed by atoms with van der Waals surface area (Å²) >= 11 is 0. The minimum absolute atomic E-state index is 0.0103. The molecule has 0 radical (unpaired) electrons. The third kappa shape index (κ3) is 23.7. The first-order chi connectivity index (χ1) is 20.6. The molecule has 0 aromatic carbocycles. The van der Waals surface area contributed by atoms with Crippen LogP contribution in [0.5, 0.6) is 0 Å². The van der Waals surface area contributed by atoms with E-state index in [1.54, 1.807) is 0 Å². The van der Waals surface area contributed by atoms with Crippen LogP contribution in [-0.4, -0.2) is 66.3 Å². The van der Waals surface area contributed by atoms with Crippen molar-refractivity contribution in [3.63, 3.8) is 0 Å². The van der Waals surface area contributed by atoms with Crippen molar-refractivity contribution < 1.29 is 24.5 Å². The van der Waals surface area contributed by atoms with Crippen molar-refractivity contribution in [2.24, 2.45) is 5.92 Å². The molecule has 42 heavy (non-hydrogen) atoms. The van der Waals surface area contributed by atoms with Crippen molar-refractivity contribution in [1.82, 2.24) is 4.90 Å². The molecule has 0 aromatic heterocycles. The molecule has 1 aliphatic carbocycles. The predicted octanol–water partition coefficient (Wildman–Crippen LogP) is 8.95. The number of nitrogens with zero attached hydrogens (tertiary/aromatic N) is 1. The number of ether oxygens (including phenoxy) is 2. The first-order valence-electron chi connectivity index (χ1n) is 18.4. The number of carbonyl (C=O) groups is 1. The molecule has 0 aliphatic heterocycles. The molecule has 0 bridgehead atoms. The van der Waals surface area contributed by atoms with Crippen LogP contribution in [0.25, 0.3) is 0 Å². The van der Waals surface area contributed by atoms with Gasteiger partial charge in [-0.2, -0.15) is 0 Å². The van der Waals surface area contributed by atoms with Gasteiger partial charge in [-0.15, -0.1) is 0 Å². The van der Waals surface area contributed by atoms with E-state index in [4.69, 9.17) is 9.47 Å². The molecule has 0 saturated heterocycles. The second kappa shape index (κ2) is 29.0. The maximum absolute atomic E-state index is 12.3. The van der Waals surface area contributed by atoms with Gasteiger partial charge in [0.1, 0.15) is 6.10 Å². The average Bonchev–Trinajstić information content (AvgIpc) is 2.98. The summed E-state index contributed by atoms with van der Waals surface area (Å²) in [6.07, 6.45) is 28.2. The molecule has 1 rings (SSSR count). The quantitative estimate of drug-likeness (QED) is 0.0489. The van der Waals surface area contributed by atoms with Crippen LogP contribution in [0.1, 0.15) is 174 Å². The molecule has 0 spiro atoms. The number of aliphatic hydroxyl groups excluding tert-OH is 2. The van der Waals surface area contributed by atoms with Crippen LogP contribution in [-0.2, 0) is 14.3 Å². The fourth-order valence-electron chi connectivity index (χ4n) is 6.27. The van der Waals surface area contributed by atoms with Crippen LogP contribution in [0.4, 0.5) is 0 Å². The predicted molar refractivity (Wildman–Crippen MR) is 176 cm³/mol. The third-order valence-corrected chi connectivity index (χ3v) is 9.06. The Hall–Kier alpha value is -0.690. The Kier molecular flexibility index (Phi) is 27.2. The molecule has 2 N–H and O–H groups in total. The van der Waals surface area contributed by atoms with E-state index in [2.05, 4.69) is 18.7 Å². The van der Waals surface area contributed by atoms with Crippen molar-refractivity contribution in [2.45, 2.75) is 187 Å². The van der Waals surface area contributed by atoms with E-state index in [-0.39, 0.29) is 18.7 Å². The molecular formula is C36H71NO5. The van der Waals surface area contributed by atoms with Gasteiger partial charge in [0.15, 0.2) is 6.29 Å². The number of aliphatic hydroxyl groups is 2. The highest BCUT2D eigenvalue weighted by Gasteiger charge is 2.23. The van der Waals surface area contributed by atoms with Crippen molar-refractivity contribution in [2.75, 3.05) is 32.8 Å². The van der Waals surface area contributed by atoms with E-state index in [0.29, 0.717) is 13.0 Å². The van der Waals surface area contributed by atoms with Crippen LogP contribution in [0.3, 0.4) is 0 Å². The van der Waals surface area contributed by atoms with E-state index < -0.39 is 6.29 Å². The summed E-state index contributed by atoms with van der Waals surface area (Å²) in [7, 11) is 0. The molecule has 1 saturated carbocycles. The van der Waals surface area contributed by atoms with Crippen molar-refractivity contribution in [3.05, 3.63) is 0 Å². The fraction of sp³-hybridized carbons (Fsp3) is 0.972. The van der Waals surface area contributed by atoms with Crippen LogP contribution in [0, 0.1) is 5.92 Å². The second-order valence-electron chi connectivity index (χ2n) is 13.0. The molecule has 1 fully saturated rings. The number of unbranched alkanes of at least 4 members (excludes halogenated alkanes) is 14. The lowest BCUT2D eigenvalue weighted by molar-refractivity contribution is -0.151. The Morgan fingerprint density at radius 2 is 1.29 bits per heavy atom. The Morgan fingerprint density at radius 1 is 0.714 bits per heavy atom. The molecule has 0 aromatic rings. The fourth-order valence-corrected chi connectivity index (χ4v) is 6.27. The minimum atomic E-state index is -0.605. The zero-order chi connectivity index (χ0) is 30.5. The smallest absolute Gasteiger partial charge is 0.306 e. The highest BCUT2D eigenvalue weighted by atomic mass is 16.6. The summed E-state index contributed by atoms with van der Waals surface area (Å²) in [5.74, 6) is 0.834. The Labute approximate surface area is 260 Å². The molecule has 1 unspecified atom stereocenters. The lowest BCUT2D eigenvalue weighted by Crippen LogP contribution is -2.29. The highest BCUT2D eigenvalue weighted by molar-refractivity contribution is 5.69. The first kappa shape index (κ1) is 39.3. The zero-order valence-electron chi connectivity index (χ0n) is 28.0. The van der Waals surface area contributed by atoms with Gasteiger partial charge in [-0.05, 0) is 83.2 Å². The van der Waals surface area contributed by atoms with E-state index >= 15 is 0 Å². The molecule has 0 amide bonds. The van der Waals surface area contributed by atoms with Crippen LogP contribution in [0.2, 0.25) is 0 Å². The normalized spacial score (nSPS) is 18.0. The van der Waals surface area contributed by atoms with Crippen LogP contribution >= 0.6 is 0 Å². The summed E-state index contributed by atoms with van der Waals surface area (Å²) in [5.41, 5.74) is 0. The Bertz CT molecular complexity index is 581. The molecule has 250 valence electrons. The Morgan fingerprint density at radius 3 is 1.95 bits per heavy atom. The van der Waals surface area contributed by atoms with Gasteiger partial charge in [0, 0.05) is 19.6 Å². The maximum atomic E-state index is 12.3. The summed E-state index contributed by atoms with van der Waals surface area (Å²) in [5, 5.41) is 19.5. The van der Waals surface area contributed by atoms with Crippen molar-refractivity contribution in [3.8, 4) is 0 Å². The standard InChI is InChI=1S/C36H71NO5/c1-3-5-7-8-9-13-20-32-41-35(39)22-16-11-10-12-18-28-37(30-31-38)29-19-14-17-23-36(40)42-34-26-24-33(25-27-34)21-15-6-4-2/h33-35,38-39H,3-32H2,1-2H3. The summed E-state index contributed by atoms with van der Waals surface area (Å²) < 4.78 is 11.3. The van der Waals surface area contributed by atoms with E-state index in [9.17, 15) is 15.0 Å². The number of hydrogen-bond donors (Lipinski definition) is 2. The first-order valence-corrected chi connectivity index (χ1v) is 18.4. The van der Waals surface area contributed by atoms with Gasteiger partial charge in [0.2, 0.25) is 0 Å². The van der Waals surface area contributed by atoms with Gasteiger partial charge in [-0.25, -0.2) is 0 Å². The Balaban J connectivity index is 1.95. The average molecular weight is 598 g/mol. The summed E-state index contributed by atoms with van der Waals surface area (Å²) in [4.78, 5) is 14.7. The summed E-state index contributed by atoms with van der Waals surface area (Å²) in [6, 6.07) is 0. The number of rotatable bonds is 30. The number of carbonyl (C=O) groups excluding carboxylic acids is 1. The van der Waals surface area contributed by atoms with Gasteiger partial charge in [-0.3, -0.25) is 4.79 Å². The van der Waals surface area contributed by atoms with E-state index in [1.165, 1.54) is 89.9 Å². The summed E-state index contributed by atoms with van der Waals surface area (Å²) in [6.45, 7) is 8.12. The van der Waals surface area contributed by atoms with Gasteiger partial charge in [-0.1, -0.05) is 104 Å². The SMILES string of the molecule is CCCCCCCCCOC(O)CCCCCCCN(CCO)CCCCCC(=O)OC1CCC(CCCCC)CC1. The third-order valence-electron chi connectivity index (χ3n) is 9.06. The van der Waals surface area contributed by atoms with Crippen molar-refractivity contribution >= 4 is 5.97 Å². The molecule has 6 nitrogen and oxygen atoms in total. The molecule has 1 atom stereocenters. The molecule has 6 heteroatoms. The number of hydrogen-bond acceptors (Lipinski definition) is 6. The topological polar surface area (TPSA) is 79.2 Å². The second-order valence-corrected chi connectivity index (χ2v) is 13.0. The highest BCUT2D eigenvalue weighted by Crippen LogP contribution is 2.30. The maximum Gasteiger partial charge on any atom is 0.306 e. The van der Waals surface area contributed by atoms with Crippen molar-refractivity contribution in [1.29, 1.82) is 0 Å². The lowest BCUT2D eigenvalue weighted by atomic mass is 9.84. The molecule has 1 aliphatic rings. The number of esters is 1. The van der Waals surface area contributed by atoms with Crippen LogP contribution in [0.15, 0.2) is 0 Å². The zero-order valence-corrected chi connectivity index (χ0v) is 28.0. The van der Waals surface area contributed by atoms with Gasteiger partial charge < -0.3 is 24.6 Å². The van der Waals surface area contributed by atoms with Gasteiger partial charge >= 0.3 is 5.97 Å². The van der Waals surface area contributed by atoms with E-state index in [1.807, 2.05) is 0 Å².